The minimum absolute atomic E-state index is 0.0526. The van der Waals surface area contributed by atoms with E-state index in [0.29, 0.717) is 23.7 Å². The highest BCUT2D eigenvalue weighted by molar-refractivity contribution is 6.51. The van der Waals surface area contributed by atoms with Gasteiger partial charge in [0.15, 0.2) is 5.82 Å². The number of rotatable bonds is 6. The van der Waals surface area contributed by atoms with Crippen molar-refractivity contribution in [2.24, 2.45) is 0 Å². The smallest absolute Gasteiger partial charge is 0.301 e. The molecule has 1 atom stereocenters. The summed E-state index contributed by atoms with van der Waals surface area (Å²) in [6.07, 6.45) is 0.843. The molecule has 164 valence electrons. The van der Waals surface area contributed by atoms with Crippen LogP contribution >= 0.6 is 0 Å². The van der Waals surface area contributed by atoms with E-state index < -0.39 is 29.3 Å². The number of aliphatic hydroxyl groups excluding tert-OH is 1. The molecular formula is C24H21FN2O5. The number of halogens is 1. The third-order valence-electron chi connectivity index (χ3n) is 5.11. The molecule has 2 heterocycles. The van der Waals surface area contributed by atoms with Gasteiger partial charge in [-0.05, 0) is 43.7 Å². The molecule has 1 amide bonds. The number of amides is 1. The lowest BCUT2D eigenvalue weighted by Crippen LogP contribution is -2.30. The number of carbonyl (C=O) groups is 2. The average molecular weight is 436 g/mol. The topological polar surface area (TPSA) is 92.9 Å². The first kappa shape index (κ1) is 21.3. The van der Waals surface area contributed by atoms with E-state index >= 15 is 0 Å². The summed E-state index contributed by atoms with van der Waals surface area (Å²) in [6, 6.07) is 12.5. The standard InChI is InChI=1S/C24H21FN2O5/c1-3-12-31-16-10-8-15(9-11-16)22(28)20-21(17-6-4-5-7-18(17)25)27(24(30)23(20)29)19-13-14(2)32-26-19/h4-11,13,21,28H,3,12H2,1-2H3/b22-20+/t21-/m0/s1. The molecule has 0 aliphatic carbocycles. The van der Waals surface area contributed by atoms with Gasteiger partial charge in [0.05, 0.1) is 18.2 Å². The van der Waals surface area contributed by atoms with Gasteiger partial charge in [-0.3, -0.25) is 14.5 Å². The highest BCUT2D eigenvalue weighted by Gasteiger charge is 2.48. The number of carbonyl (C=O) groups excluding carboxylic acids is 2. The molecule has 0 unspecified atom stereocenters. The molecular weight excluding hydrogens is 415 g/mol. The van der Waals surface area contributed by atoms with Crippen LogP contribution in [0.1, 0.15) is 36.3 Å². The maximum atomic E-state index is 14.8. The fourth-order valence-electron chi connectivity index (χ4n) is 3.61. The average Bonchev–Trinajstić information content (AvgIpc) is 3.33. The largest absolute Gasteiger partial charge is 0.507 e. The number of hydrogen-bond donors (Lipinski definition) is 1. The number of Topliss-reactive ketones (excluding diaryl/α,β-unsaturated/α-hetero) is 1. The van der Waals surface area contributed by atoms with E-state index in [1.165, 1.54) is 24.3 Å². The minimum Gasteiger partial charge on any atom is -0.507 e. The number of hydrogen-bond acceptors (Lipinski definition) is 6. The summed E-state index contributed by atoms with van der Waals surface area (Å²) in [5, 5.41) is 14.9. The number of aromatic nitrogens is 1. The van der Waals surface area contributed by atoms with Crippen LogP contribution in [-0.4, -0.2) is 28.6 Å². The maximum absolute atomic E-state index is 14.8. The van der Waals surface area contributed by atoms with Crippen LogP contribution < -0.4 is 9.64 Å². The molecule has 2 aromatic carbocycles. The van der Waals surface area contributed by atoms with E-state index in [1.807, 2.05) is 6.92 Å². The normalized spacial score (nSPS) is 17.7. The Morgan fingerprint density at radius 1 is 1.19 bits per heavy atom. The predicted molar refractivity (Wildman–Crippen MR) is 115 cm³/mol. The highest BCUT2D eigenvalue weighted by Crippen LogP contribution is 2.42. The molecule has 4 rings (SSSR count). The quantitative estimate of drug-likeness (QED) is 0.347. The summed E-state index contributed by atoms with van der Waals surface area (Å²) >= 11 is 0. The van der Waals surface area contributed by atoms with Crippen molar-refractivity contribution in [1.82, 2.24) is 5.16 Å². The number of aryl methyl sites for hydroxylation is 1. The second kappa shape index (κ2) is 8.66. The van der Waals surface area contributed by atoms with Gasteiger partial charge in [-0.15, -0.1) is 0 Å². The molecule has 8 heteroatoms. The Morgan fingerprint density at radius 2 is 1.91 bits per heavy atom. The molecule has 1 aliphatic rings. The summed E-state index contributed by atoms with van der Waals surface area (Å²) in [5.41, 5.74) is 0.115. The summed E-state index contributed by atoms with van der Waals surface area (Å²) in [5.74, 6) is -1.84. The Labute approximate surface area is 183 Å². The predicted octanol–water partition coefficient (Wildman–Crippen LogP) is 4.54. The summed E-state index contributed by atoms with van der Waals surface area (Å²) in [7, 11) is 0. The molecule has 0 saturated carbocycles. The van der Waals surface area contributed by atoms with Gasteiger partial charge >= 0.3 is 5.91 Å². The van der Waals surface area contributed by atoms with Crippen molar-refractivity contribution < 1.29 is 28.3 Å². The lowest BCUT2D eigenvalue weighted by molar-refractivity contribution is -0.132. The van der Waals surface area contributed by atoms with Gasteiger partial charge in [0.25, 0.3) is 5.78 Å². The second-order valence-electron chi connectivity index (χ2n) is 7.36. The van der Waals surface area contributed by atoms with Gasteiger partial charge in [-0.1, -0.05) is 30.3 Å². The zero-order valence-corrected chi connectivity index (χ0v) is 17.5. The van der Waals surface area contributed by atoms with Crippen molar-refractivity contribution in [3.8, 4) is 5.75 Å². The van der Waals surface area contributed by atoms with Crippen molar-refractivity contribution in [3.63, 3.8) is 0 Å². The zero-order valence-electron chi connectivity index (χ0n) is 17.5. The zero-order chi connectivity index (χ0) is 22.8. The number of benzene rings is 2. The molecule has 0 bridgehead atoms. The van der Waals surface area contributed by atoms with Crippen molar-refractivity contribution in [3.05, 3.63) is 82.9 Å². The van der Waals surface area contributed by atoms with E-state index in [9.17, 15) is 19.1 Å². The number of anilines is 1. The van der Waals surface area contributed by atoms with Crippen molar-refractivity contribution in [2.45, 2.75) is 26.3 Å². The molecule has 7 nitrogen and oxygen atoms in total. The van der Waals surface area contributed by atoms with Crippen LogP contribution in [0, 0.1) is 12.7 Å². The SMILES string of the molecule is CCCOc1ccc(/C(O)=C2\C(=O)C(=O)N(c3cc(C)on3)[C@H]2c2ccccc2F)cc1. The van der Waals surface area contributed by atoms with Crippen molar-refractivity contribution >= 4 is 23.3 Å². The lowest BCUT2D eigenvalue weighted by atomic mass is 9.95. The van der Waals surface area contributed by atoms with Gasteiger partial charge in [0, 0.05) is 17.2 Å². The van der Waals surface area contributed by atoms with Crippen LogP contribution in [-0.2, 0) is 9.59 Å². The molecule has 1 N–H and O–H groups in total. The molecule has 1 saturated heterocycles. The Bertz CT molecular complexity index is 1200. The first-order valence-electron chi connectivity index (χ1n) is 10.1. The first-order valence-corrected chi connectivity index (χ1v) is 10.1. The Morgan fingerprint density at radius 3 is 2.53 bits per heavy atom. The Hall–Kier alpha value is -3.94. The van der Waals surface area contributed by atoms with E-state index in [4.69, 9.17) is 9.26 Å². The molecule has 0 spiro atoms. The van der Waals surface area contributed by atoms with Crippen LogP contribution in [0.4, 0.5) is 10.2 Å². The third-order valence-corrected chi connectivity index (χ3v) is 5.11. The summed E-state index contributed by atoms with van der Waals surface area (Å²) in [4.78, 5) is 27.0. The maximum Gasteiger partial charge on any atom is 0.301 e. The van der Waals surface area contributed by atoms with Gasteiger partial charge < -0.3 is 14.4 Å². The summed E-state index contributed by atoms with van der Waals surface area (Å²) in [6.45, 7) is 4.16. The van der Waals surface area contributed by atoms with E-state index in [0.717, 1.165) is 11.3 Å². The van der Waals surface area contributed by atoms with Crippen molar-refractivity contribution in [1.29, 1.82) is 0 Å². The van der Waals surface area contributed by atoms with Crippen LogP contribution in [0.3, 0.4) is 0 Å². The number of ketones is 1. The summed E-state index contributed by atoms with van der Waals surface area (Å²) < 4.78 is 25.4. The Balaban J connectivity index is 1.86. The third kappa shape index (κ3) is 3.75. The minimum atomic E-state index is -1.21. The van der Waals surface area contributed by atoms with Crippen LogP contribution in [0.2, 0.25) is 0 Å². The molecule has 3 aromatic rings. The number of ether oxygens (including phenoxy) is 1. The highest BCUT2D eigenvalue weighted by atomic mass is 19.1. The molecule has 1 fully saturated rings. The molecule has 1 aromatic heterocycles. The van der Waals surface area contributed by atoms with Crippen LogP contribution in [0.25, 0.3) is 5.76 Å². The first-order chi connectivity index (χ1) is 15.4. The van der Waals surface area contributed by atoms with E-state index in [1.54, 1.807) is 37.3 Å². The number of aliphatic hydroxyl groups is 1. The lowest BCUT2D eigenvalue weighted by Gasteiger charge is -2.23. The van der Waals surface area contributed by atoms with Crippen LogP contribution in [0.15, 0.2) is 64.7 Å². The van der Waals surface area contributed by atoms with Gasteiger partial charge in [-0.25, -0.2) is 4.39 Å². The molecule has 32 heavy (non-hydrogen) atoms. The second-order valence-corrected chi connectivity index (χ2v) is 7.36. The van der Waals surface area contributed by atoms with Gasteiger partial charge in [-0.2, -0.15) is 0 Å². The van der Waals surface area contributed by atoms with E-state index in [2.05, 4.69) is 5.16 Å². The van der Waals surface area contributed by atoms with E-state index in [-0.39, 0.29) is 17.0 Å². The number of nitrogens with zero attached hydrogens (tertiary/aromatic N) is 2. The molecule has 1 aliphatic heterocycles. The Kier molecular flexibility index (Phi) is 5.77. The molecule has 0 radical (unpaired) electrons. The van der Waals surface area contributed by atoms with Crippen molar-refractivity contribution in [2.75, 3.05) is 11.5 Å². The fraction of sp³-hybridized carbons (Fsp3) is 0.208. The fourth-order valence-corrected chi connectivity index (χ4v) is 3.61. The monoisotopic (exact) mass is 436 g/mol. The van der Waals surface area contributed by atoms with Crippen LogP contribution in [0.5, 0.6) is 5.75 Å². The van der Waals surface area contributed by atoms with Gasteiger partial charge in [0.2, 0.25) is 0 Å². The van der Waals surface area contributed by atoms with Gasteiger partial charge in [0.1, 0.15) is 23.1 Å².